The monoisotopic (exact) mass is 307 g/mol. The van der Waals surface area contributed by atoms with E-state index in [1.807, 2.05) is 13.8 Å². The molecule has 1 aromatic rings. The Kier molecular flexibility index (Phi) is 5.27. The van der Waals surface area contributed by atoms with Crippen LogP contribution in [0.5, 0.6) is 5.88 Å². The number of aryl methyl sites for hydroxylation is 1. The van der Waals surface area contributed by atoms with Crippen molar-refractivity contribution >= 4 is 17.2 Å². The van der Waals surface area contributed by atoms with Crippen molar-refractivity contribution in [3.8, 4) is 5.88 Å². The lowest BCUT2D eigenvalue weighted by Gasteiger charge is -2.20. The van der Waals surface area contributed by atoms with Crippen molar-refractivity contribution in [1.29, 1.82) is 0 Å². The first-order valence-electron chi connectivity index (χ1n) is 6.13. The Hall–Kier alpha value is -1.44. The average molecular weight is 307 g/mol. The Balaban J connectivity index is 3.30. The first kappa shape index (κ1) is 16.6. The molecule has 0 bridgehead atoms. The molecular formula is C12H16F3N3OS. The van der Waals surface area contributed by atoms with Crippen molar-refractivity contribution < 1.29 is 17.9 Å². The Morgan fingerprint density at radius 1 is 1.30 bits per heavy atom. The van der Waals surface area contributed by atoms with Crippen LogP contribution in [0, 0.1) is 0 Å². The van der Waals surface area contributed by atoms with Crippen LogP contribution in [0.1, 0.15) is 37.6 Å². The number of alkyl halides is 3. The predicted molar refractivity (Wildman–Crippen MR) is 72.8 cm³/mol. The second-order valence-electron chi connectivity index (χ2n) is 4.18. The SMILES string of the molecule is CCc1nnc(OC(C)C(F)(F)F)c(C(N)=S)c1CC. The maximum absolute atomic E-state index is 12.6. The van der Waals surface area contributed by atoms with E-state index >= 15 is 0 Å². The third kappa shape index (κ3) is 3.56. The van der Waals surface area contributed by atoms with Crippen LogP contribution in [0.15, 0.2) is 0 Å². The topological polar surface area (TPSA) is 61.0 Å². The molecule has 0 radical (unpaired) electrons. The van der Waals surface area contributed by atoms with Gasteiger partial charge < -0.3 is 10.5 Å². The Morgan fingerprint density at radius 2 is 1.90 bits per heavy atom. The number of hydrogen-bond acceptors (Lipinski definition) is 4. The normalized spacial score (nSPS) is 13.1. The van der Waals surface area contributed by atoms with Gasteiger partial charge in [0.2, 0.25) is 5.88 Å². The Morgan fingerprint density at radius 3 is 2.30 bits per heavy atom. The third-order valence-corrected chi connectivity index (χ3v) is 3.01. The zero-order valence-corrected chi connectivity index (χ0v) is 12.2. The minimum absolute atomic E-state index is 0.0455. The van der Waals surface area contributed by atoms with Crippen molar-refractivity contribution in [2.75, 3.05) is 0 Å². The summed E-state index contributed by atoms with van der Waals surface area (Å²) in [5, 5.41) is 7.58. The summed E-state index contributed by atoms with van der Waals surface area (Å²) in [7, 11) is 0. The van der Waals surface area contributed by atoms with E-state index < -0.39 is 12.3 Å². The third-order valence-electron chi connectivity index (χ3n) is 2.81. The van der Waals surface area contributed by atoms with E-state index in [1.165, 1.54) is 0 Å². The maximum Gasteiger partial charge on any atom is 0.425 e. The van der Waals surface area contributed by atoms with Crippen molar-refractivity contribution in [3.63, 3.8) is 0 Å². The van der Waals surface area contributed by atoms with Crippen LogP contribution >= 0.6 is 12.2 Å². The zero-order valence-electron chi connectivity index (χ0n) is 11.4. The first-order chi connectivity index (χ1) is 9.22. The predicted octanol–water partition coefficient (Wildman–Crippen LogP) is 2.57. The molecule has 0 aliphatic carbocycles. The van der Waals surface area contributed by atoms with Crippen molar-refractivity contribution in [2.45, 2.75) is 45.9 Å². The average Bonchev–Trinajstić information content (AvgIpc) is 2.36. The van der Waals surface area contributed by atoms with Crippen LogP contribution in [0.25, 0.3) is 0 Å². The highest BCUT2D eigenvalue weighted by Gasteiger charge is 2.39. The second kappa shape index (κ2) is 6.34. The van der Waals surface area contributed by atoms with Crippen LogP contribution in [0.2, 0.25) is 0 Å². The molecule has 2 N–H and O–H groups in total. The molecule has 1 aromatic heterocycles. The van der Waals surface area contributed by atoms with Crippen molar-refractivity contribution in [3.05, 3.63) is 16.8 Å². The van der Waals surface area contributed by atoms with Gasteiger partial charge in [-0.1, -0.05) is 26.1 Å². The highest BCUT2D eigenvalue weighted by Crippen LogP contribution is 2.28. The smallest absolute Gasteiger partial charge is 0.425 e. The minimum Gasteiger partial charge on any atom is -0.463 e. The van der Waals surface area contributed by atoms with E-state index in [9.17, 15) is 13.2 Å². The maximum atomic E-state index is 12.6. The minimum atomic E-state index is -4.50. The lowest BCUT2D eigenvalue weighted by atomic mass is 10.0. The van der Waals surface area contributed by atoms with E-state index in [-0.39, 0.29) is 16.4 Å². The molecule has 0 aliphatic heterocycles. The number of aromatic nitrogens is 2. The number of nitrogens with two attached hydrogens (primary N) is 1. The Labute approximate surface area is 120 Å². The fourth-order valence-corrected chi connectivity index (χ4v) is 1.94. The quantitative estimate of drug-likeness (QED) is 0.847. The number of rotatable bonds is 5. The molecule has 0 saturated heterocycles. The summed E-state index contributed by atoms with van der Waals surface area (Å²) < 4.78 is 42.5. The summed E-state index contributed by atoms with van der Waals surface area (Å²) in [5.74, 6) is -0.267. The summed E-state index contributed by atoms with van der Waals surface area (Å²) in [6.07, 6.45) is -5.39. The van der Waals surface area contributed by atoms with Crippen LogP contribution in [0.3, 0.4) is 0 Å². The molecule has 1 unspecified atom stereocenters. The molecule has 0 amide bonds. The molecule has 1 atom stereocenters. The van der Waals surface area contributed by atoms with Crippen LogP contribution < -0.4 is 10.5 Å². The van der Waals surface area contributed by atoms with Gasteiger partial charge >= 0.3 is 6.18 Å². The molecule has 0 fully saturated rings. The number of thiocarbonyl (C=S) groups is 1. The molecule has 0 aliphatic rings. The molecule has 112 valence electrons. The van der Waals surface area contributed by atoms with E-state index in [0.717, 1.165) is 6.92 Å². The molecule has 20 heavy (non-hydrogen) atoms. The van der Waals surface area contributed by atoms with E-state index in [1.54, 1.807) is 0 Å². The van der Waals surface area contributed by atoms with Gasteiger partial charge in [-0.05, 0) is 25.3 Å². The van der Waals surface area contributed by atoms with Gasteiger partial charge in [-0.3, -0.25) is 0 Å². The highest BCUT2D eigenvalue weighted by atomic mass is 32.1. The molecule has 1 heterocycles. The summed E-state index contributed by atoms with van der Waals surface area (Å²) in [5.41, 5.74) is 7.18. The van der Waals surface area contributed by atoms with Crippen LogP contribution in [0.4, 0.5) is 13.2 Å². The lowest BCUT2D eigenvalue weighted by Crippen LogP contribution is -2.32. The molecule has 0 aromatic carbocycles. The summed E-state index contributed by atoms with van der Waals surface area (Å²) in [6, 6.07) is 0. The van der Waals surface area contributed by atoms with Gasteiger partial charge in [-0.2, -0.15) is 18.3 Å². The molecule has 4 nitrogen and oxygen atoms in total. The number of hydrogen-bond donors (Lipinski definition) is 1. The number of nitrogens with zero attached hydrogens (tertiary/aromatic N) is 2. The van der Waals surface area contributed by atoms with Crippen molar-refractivity contribution in [2.24, 2.45) is 5.73 Å². The summed E-state index contributed by atoms with van der Waals surface area (Å²) in [4.78, 5) is -0.0455. The standard InChI is InChI=1S/C12H16F3N3OS/c1-4-7-8(5-2)17-18-11(9(7)10(16)20)19-6(3)12(13,14)15/h6H,4-5H2,1-3H3,(H2,16,20). The van der Waals surface area contributed by atoms with Crippen molar-refractivity contribution in [1.82, 2.24) is 10.2 Å². The van der Waals surface area contributed by atoms with Crippen LogP contribution in [-0.2, 0) is 12.8 Å². The zero-order chi connectivity index (χ0) is 15.5. The highest BCUT2D eigenvalue weighted by molar-refractivity contribution is 7.80. The lowest BCUT2D eigenvalue weighted by molar-refractivity contribution is -0.190. The molecule has 0 spiro atoms. The molecular weight excluding hydrogens is 291 g/mol. The van der Waals surface area contributed by atoms with Gasteiger partial charge in [0.25, 0.3) is 0 Å². The molecule has 8 heteroatoms. The fourth-order valence-electron chi connectivity index (χ4n) is 1.73. The second-order valence-corrected chi connectivity index (χ2v) is 4.62. The summed E-state index contributed by atoms with van der Waals surface area (Å²) in [6.45, 7) is 4.60. The summed E-state index contributed by atoms with van der Waals surface area (Å²) >= 11 is 4.91. The number of halogens is 3. The van der Waals surface area contributed by atoms with Gasteiger partial charge in [0.15, 0.2) is 6.10 Å². The van der Waals surface area contributed by atoms with E-state index in [0.29, 0.717) is 24.1 Å². The fraction of sp³-hybridized carbons (Fsp3) is 0.583. The Bertz CT molecular complexity index is 505. The first-order valence-corrected chi connectivity index (χ1v) is 6.54. The van der Waals surface area contributed by atoms with Crippen LogP contribution in [-0.4, -0.2) is 27.5 Å². The number of ether oxygens (including phenoxy) is 1. The van der Waals surface area contributed by atoms with Gasteiger partial charge in [0.1, 0.15) is 4.99 Å². The van der Waals surface area contributed by atoms with E-state index in [4.69, 9.17) is 22.7 Å². The van der Waals surface area contributed by atoms with E-state index in [2.05, 4.69) is 10.2 Å². The van der Waals surface area contributed by atoms with Gasteiger partial charge in [0, 0.05) is 0 Å². The molecule has 0 saturated carbocycles. The largest absolute Gasteiger partial charge is 0.463 e. The van der Waals surface area contributed by atoms with Gasteiger partial charge in [0.05, 0.1) is 11.3 Å². The van der Waals surface area contributed by atoms with Gasteiger partial charge in [-0.25, -0.2) is 0 Å². The molecule has 1 rings (SSSR count). The van der Waals surface area contributed by atoms with Gasteiger partial charge in [-0.15, -0.1) is 5.10 Å².